The average Bonchev–Trinajstić information content (AvgIpc) is 3.33. The van der Waals surface area contributed by atoms with Gasteiger partial charge < -0.3 is 19.8 Å². The highest BCUT2D eigenvalue weighted by atomic mass is 35.5. The predicted octanol–water partition coefficient (Wildman–Crippen LogP) is 5.89. The normalized spacial score (nSPS) is 12.4. The Bertz CT molecular complexity index is 1450. The molecule has 0 saturated heterocycles. The number of rotatable bonds is 12. The zero-order valence-electron chi connectivity index (χ0n) is 21.6. The maximum atomic E-state index is 13.4. The van der Waals surface area contributed by atoms with Crippen LogP contribution in [0.1, 0.15) is 24.0 Å². The van der Waals surface area contributed by atoms with Gasteiger partial charge in [0.25, 0.3) is 0 Å². The average molecular weight is 560 g/mol. The van der Waals surface area contributed by atoms with Crippen LogP contribution in [0, 0.1) is 5.82 Å². The molecule has 3 aromatic rings. The van der Waals surface area contributed by atoms with Crippen molar-refractivity contribution in [1.82, 2.24) is 5.32 Å². The van der Waals surface area contributed by atoms with Gasteiger partial charge in [-0.05, 0) is 66.6 Å². The van der Waals surface area contributed by atoms with E-state index in [1.165, 1.54) is 18.4 Å². The number of nitrogens with zero attached hydrogens (tertiary/aromatic N) is 1. The largest absolute Gasteiger partial charge is 0.487 e. The Hall–Kier alpha value is -3.40. The van der Waals surface area contributed by atoms with Crippen LogP contribution in [0.5, 0.6) is 5.75 Å². The molecule has 0 radical (unpaired) electrons. The number of furan rings is 1. The molecule has 2 aromatic carbocycles. The van der Waals surface area contributed by atoms with E-state index < -0.39 is 9.84 Å². The molecule has 0 aliphatic rings. The molecule has 2 N–H and O–H groups in total. The molecule has 0 amide bonds. The number of sulfone groups is 1. The highest BCUT2D eigenvalue weighted by Crippen LogP contribution is 2.29. The van der Waals surface area contributed by atoms with E-state index >= 15 is 0 Å². The van der Waals surface area contributed by atoms with Crippen molar-refractivity contribution in [3.05, 3.63) is 101 Å². The van der Waals surface area contributed by atoms with Gasteiger partial charge in [0.05, 0.1) is 17.3 Å². The highest BCUT2D eigenvalue weighted by molar-refractivity contribution is 7.90. The number of halogens is 2. The van der Waals surface area contributed by atoms with Crippen LogP contribution in [-0.2, 0) is 23.0 Å². The molecule has 0 atom stereocenters. The number of nitrogens with one attached hydrogen (secondary N) is 2. The molecule has 0 aliphatic heterocycles. The van der Waals surface area contributed by atoms with Gasteiger partial charge in [-0.3, -0.25) is 4.99 Å². The first-order chi connectivity index (χ1) is 18.0. The van der Waals surface area contributed by atoms with Crippen LogP contribution in [0.3, 0.4) is 0 Å². The molecule has 0 saturated carbocycles. The molecule has 10 heteroatoms. The third-order valence-electron chi connectivity index (χ3n) is 5.39. The third-order valence-corrected chi connectivity index (χ3v) is 6.63. The van der Waals surface area contributed by atoms with Crippen LogP contribution >= 0.6 is 11.6 Å². The van der Waals surface area contributed by atoms with Gasteiger partial charge in [0.15, 0.2) is 0 Å². The Morgan fingerprint density at radius 1 is 1.21 bits per heavy atom. The first kappa shape index (κ1) is 29.2. The van der Waals surface area contributed by atoms with E-state index in [-0.39, 0.29) is 18.2 Å². The standard InChI is InChI=1S/C28H31ClFN3O4S/c1-19(26-11-9-24(37-26)17-32-12-13-38(4,34)35)14-20(2)28(31-3)33-23-8-10-27(25(29)16-23)36-18-21-6-5-7-22(30)15-21/h5-11,14-16,32H,1,12-13,17-18H2,2-4H3,(H,31,33). The quantitative estimate of drug-likeness (QED) is 0.124. The third kappa shape index (κ3) is 9.16. The van der Waals surface area contributed by atoms with E-state index in [4.69, 9.17) is 20.8 Å². The second-order valence-electron chi connectivity index (χ2n) is 8.69. The van der Waals surface area contributed by atoms with Crippen LogP contribution in [0.15, 0.2) is 82.2 Å². The summed E-state index contributed by atoms with van der Waals surface area (Å²) in [7, 11) is -1.34. The van der Waals surface area contributed by atoms with Crippen LogP contribution in [0.4, 0.5) is 10.1 Å². The fourth-order valence-electron chi connectivity index (χ4n) is 3.47. The number of hydrogen-bond acceptors (Lipinski definition) is 6. The molecule has 1 heterocycles. The number of allylic oxidation sites excluding steroid dienone is 2. The molecule has 202 valence electrons. The van der Waals surface area contributed by atoms with Crippen molar-refractivity contribution in [2.75, 3.05) is 30.9 Å². The monoisotopic (exact) mass is 559 g/mol. The van der Waals surface area contributed by atoms with Crippen molar-refractivity contribution in [2.45, 2.75) is 20.1 Å². The predicted molar refractivity (Wildman–Crippen MR) is 152 cm³/mol. The van der Waals surface area contributed by atoms with Crippen LogP contribution < -0.4 is 15.4 Å². The molecule has 3 rings (SSSR count). The Morgan fingerprint density at radius 2 is 2.00 bits per heavy atom. The summed E-state index contributed by atoms with van der Waals surface area (Å²) < 4.78 is 47.4. The summed E-state index contributed by atoms with van der Waals surface area (Å²) in [5, 5.41) is 6.70. The molecule has 7 nitrogen and oxygen atoms in total. The van der Waals surface area contributed by atoms with Gasteiger partial charge in [-0.1, -0.05) is 30.3 Å². The summed E-state index contributed by atoms with van der Waals surface area (Å²) in [6.07, 6.45) is 3.06. The molecule has 0 bridgehead atoms. The topological polar surface area (TPSA) is 92.9 Å². The summed E-state index contributed by atoms with van der Waals surface area (Å²) in [6.45, 7) is 6.95. The SMILES string of the molecule is C=C(C=C(C)C(=NC)Nc1ccc(OCc2cccc(F)c2)c(Cl)c1)c1ccc(CNCCS(C)(=O)=O)o1. The Kier molecular flexibility index (Phi) is 10.3. The fraction of sp³-hybridized carbons (Fsp3) is 0.250. The summed E-state index contributed by atoms with van der Waals surface area (Å²) >= 11 is 6.41. The van der Waals surface area contributed by atoms with Crippen LogP contribution in [0.2, 0.25) is 5.02 Å². The number of amidine groups is 1. The van der Waals surface area contributed by atoms with Gasteiger partial charge in [0.2, 0.25) is 0 Å². The minimum atomic E-state index is -3.01. The van der Waals surface area contributed by atoms with Gasteiger partial charge in [-0.15, -0.1) is 0 Å². The number of anilines is 1. The molecule has 1 aromatic heterocycles. The minimum Gasteiger partial charge on any atom is -0.487 e. The lowest BCUT2D eigenvalue weighted by Crippen LogP contribution is -2.21. The maximum Gasteiger partial charge on any atom is 0.148 e. The van der Waals surface area contributed by atoms with Crippen LogP contribution in [0.25, 0.3) is 5.57 Å². The number of benzene rings is 2. The molecular weight excluding hydrogens is 529 g/mol. The lowest BCUT2D eigenvalue weighted by atomic mass is 10.1. The highest BCUT2D eigenvalue weighted by Gasteiger charge is 2.10. The molecule has 38 heavy (non-hydrogen) atoms. The molecule has 0 aliphatic carbocycles. The first-order valence-corrected chi connectivity index (χ1v) is 14.2. The van der Waals surface area contributed by atoms with E-state index in [0.717, 1.165) is 5.57 Å². The van der Waals surface area contributed by atoms with E-state index in [9.17, 15) is 12.8 Å². The van der Waals surface area contributed by atoms with E-state index in [2.05, 4.69) is 22.2 Å². The second-order valence-corrected chi connectivity index (χ2v) is 11.4. The first-order valence-electron chi connectivity index (χ1n) is 11.8. The minimum absolute atomic E-state index is 0.0667. The number of ether oxygens (including phenoxy) is 1. The molecule has 0 unspecified atom stereocenters. The molecule has 0 fully saturated rings. The Balaban J connectivity index is 1.58. The smallest absolute Gasteiger partial charge is 0.148 e. The molecule has 0 spiro atoms. The van der Waals surface area contributed by atoms with Gasteiger partial charge >= 0.3 is 0 Å². The van der Waals surface area contributed by atoms with E-state index in [0.29, 0.717) is 58.0 Å². The Labute approximate surface area is 228 Å². The zero-order chi connectivity index (χ0) is 27.7. The summed E-state index contributed by atoms with van der Waals surface area (Å²) in [5.41, 5.74) is 2.90. The van der Waals surface area contributed by atoms with Gasteiger partial charge in [-0.2, -0.15) is 0 Å². The summed E-state index contributed by atoms with van der Waals surface area (Å²) in [6, 6.07) is 15.1. The maximum absolute atomic E-state index is 13.4. The number of aliphatic imine (C=N–C) groups is 1. The van der Waals surface area contributed by atoms with Crippen molar-refractivity contribution >= 4 is 38.5 Å². The lowest BCUT2D eigenvalue weighted by molar-refractivity contribution is 0.306. The fourth-order valence-corrected chi connectivity index (χ4v) is 4.22. The summed E-state index contributed by atoms with van der Waals surface area (Å²) in [4.78, 5) is 4.34. The van der Waals surface area contributed by atoms with Crippen molar-refractivity contribution in [2.24, 2.45) is 4.99 Å². The van der Waals surface area contributed by atoms with Crippen molar-refractivity contribution in [1.29, 1.82) is 0 Å². The van der Waals surface area contributed by atoms with Gasteiger partial charge in [-0.25, -0.2) is 12.8 Å². The number of hydrogen-bond donors (Lipinski definition) is 2. The second kappa shape index (κ2) is 13.4. The summed E-state index contributed by atoms with van der Waals surface area (Å²) in [5.74, 6) is 2.12. The van der Waals surface area contributed by atoms with E-state index in [1.807, 2.05) is 31.2 Å². The van der Waals surface area contributed by atoms with E-state index in [1.54, 1.807) is 31.3 Å². The van der Waals surface area contributed by atoms with Gasteiger partial charge in [0, 0.05) is 31.1 Å². The lowest BCUT2D eigenvalue weighted by Gasteiger charge is -2.13. The zero-order valence-corrected chi connectivity index (χ0v) is 23.1. The van der Waals surface area contributed by atoms with Crippen molar-refractivity contribution < 1.29 is 22.0 Å². The molecular formula is C28H31ClFN3O4S. The van der Waals surface area contributed by atoms with Crippen LogP contribution in [-0.4, -0.2) is 39.9 Å². The van der Waals surface area contributed by atoms with Gasteiger partial charge in [0.1, 0.15) is 45.4 Å². The van der Waals surface area contributed by atoms with Crippen molar-refractivity contribution in [3.8, 4) is 5.75 Å². The Morgan fingerprint density at radius 3 is 2.68 bits per heavy atom. The van der Waals surface area contributed by atoms with Crippen molar-refractivity contribution in [3.63, 3.8) is 0 Å².